The van der Waals surface area contributed by atoms with E-state index in [0.717, 1.165) is 11.8 Å². The van der Waals surface area contributed by atoms with Crippen LogP contribution in [-0.2, 0) is 0 Å². The van der Waals surface area contributed by atoms with Crippen molar-refractivity contribution in [2.24, 2.45) is 11.8 Å². The van der Waals surface area contributed by atoms with Gasteiger partial charge in [-0.15, -0.1) is 0 Å². The summed E-state index contributed by atoms with van der Waals surface area (Å²) in [5, 5.41) is 0. The first-order valence-electron chi connectivity index (χ1n) is 18.3. The highest BCUT2D eigenvalue weighted by Crippen LogP contribution is 2.16. The van der Waals surface area contributed by atoms with Crippen LogP contribution in [0, 0.1) is 11.8 Å². The molecule has 0 aliphatic rings. The lowest BCUT2D eigenvalue weighted by atomic mass is 10.0. The second kappa shape index (κ2) is 31.5. The highest BCUT2D eigenvalue weighted by Gasteiger charge is 2.05. The Morgan fingerprint density at radius 3 is 0.816 bits per heavy atom. The molecular formula is C37H77N. The second-order valence-corrected chi connectivity index (χ2v) is 13.7. The zero-order chi connectivity index (χ0) is 27.9. The lowest BCUT2D eigenvalue weighted by Gasteiger charge is -2.22. The first kappa shape index (κ1) is 38.0. The molecule has 0 aromatic rings. The highest BCUT2D eigenvalue weighted by atomic mass is 15.1. The van der Waals surface area contributed by atoms with Gasteiger partial charge in [0.2, 0.25) is 0 Å². The molecule has 0 radical (unpaired) electrons. The molecule has 230 valence electrons. The molecule has 0 amide bonds. The van der Waals surface area contributed by atoms with Crippen molar-refractivity contribution in [3.05, 3.63) is 0 Å². The highest BCUT2D eigenvalue weighted by molar-refractivity contribution is 4.61. The average molecular weight is 536 g/mol. The van der Waals surface area contributed by atoms with Crippen LogP contribution in [0.3, 0.4) is 0 Å². The molecule has 1 heteroatoms. The molecule has 0 aliphatic heterocycles. The van der Waals surface area contributed by atoms with Gasteiger partial charge in [0.05, 0.1) is 0 Å². The van der Waals surface area contributed by atoms with Gasteiger partial charge in [-0.25, -0.2) is 0 Å². The molecule has 0 unspecified atom stereocenters. The van der Waals surface area contributed by atoms with E-state index >= 15 is 0 Å². The van der Waals surface area contributed by atoms with Crippen LogP contribution in [0.2, 0.25) is 0 Å². The van der Waals surface area contributed by atoms with Crippen molar-refractivity contribution < 1.29 is 0 Å². The Hall–Kier alpha value is -0.0400. The van der Waals surface area contributed by atoms with Crippen molar-refractivity contribution in [2.45, 2.75) is 208 Å². The predicted molar refractivity (Wildman–Crippen MR) is 176 cm³/mol. The largest absolute Gasteiger partial charge is 0.303 e. The first-order chi connectivity index (χ1) is 18.6. The summed E-state index contributed by atoms with van der Waals surface area (Å²) in [5.74, 6) is 1.78. The molecular weight excluding hydrogens is 458 g/mol. The molecule has 0 aliphatic carbocycles. The van der Waals surface area contributed by atoms with Crippen LogP contribution in [0.15, 0.2) is 0 Å². The number of nitrogens with zero attached hydrogens (tertiary/aromatic N) is 1. The van der Waals surface area contributed by atoms with Crippen LogP contribution in [0.1, 0.15) is 208 Å². The first-order valence-corrected chi connectivity index (χ1v) is 18.3. The minimum Gasteiger partial charge on any atom is -0.303 e. The van der Waals surface area contributed by atoms with E-state index in [1.807, 2.05) is 0 Å². The number of hydrogen-bond acceptors (Lipinski definition) is 1. The molecule has 0 N–H and O–H groups in total. The Kier molecular flexibility index (Phi) is 31.5. The topological polar surface area (TPSA) is 3.24 Å². The maximum absolute atomic E-state index is 2.83. The number of unbranched alkanes of at least 4 members (excludes halogenated alkanes) is 22. The Bertz CT molecular complexity index is 383. The van der Waals surface area contributed by atoms with Crippen LogP contribution < -0.4 is 0 Å². The van der Waals surface area contributed by atoms with Crippen molar-refractivity contribution in [1.82, 2.24) is 4.90 Å². The Labute approximate surface area is 244 Å². The fourth-order valence-electron chi connectivity index (χ4n) is 5.88. The third-order valence-corrected chi connectivity index (χ3v) is 8.59. The summed E-state index contributed by atoms with van der Waals surface area (Å²) >= 11 is 0. The van der Waals surface area contributed by atoms with E-state index in [1.54, 1.807) is 0 Å². The van der Waals surface area contributed by atoms with Gasteiger partial charge >= 0.3 is 0 Å². The van der Waals surface area contributed by atoms with E-state index in [-0.39, 0.29) is 0 Å². The molecule has 0 aromatic heterocycles. The fourth-order valence-corrected chi connectivity index (χ4v) is 5.88. The molecule has 0 saturated heterocycles. The van der Waals surface area contributed by atoms with Crippen LogP contribution in [-0.4, -0.2) is 24.5 Å². The Morgan fingerprint density at radius 1 is 0.316 bits per heavy atom. The fraction of sp³-hybridized carbons (Fsp3) is 1.00. The number of rotatable bonds is 32. The monoisotopic (exact) mass is 536 g/mol. The Balaban J connectivity index is 3.73. The standard InChI is InChI=1S/C37H77N/c1-6-7-8-23-28-33-38(34-29-24-19-15-11-9-13-17-21-26-31-36(2)3)35-30-25-20-16-12-10-14-18-22-27-32-37(4)5/h36-37H,6-35H2,1-5H3. The molecule has 0 heterocycles. The van der Waals surface area contributed by atoms with E-state index in [4.69, 9.17) is 0 Å². The molecule has 1 nitrogen and oxygen atoms in total. The van der Waals surface area contributed by atoms with Crippen molar-refractivity contribution in [3.8, 4) is 0 Å². The third kappa shape index (κ3) is 32.2. The smallest absolute Gasteiger partial charge is 0.00187 e. The second-order valence-electron chi connectivity index (χ2n) is 13.7. The molecule has 0 atom stereocenters. The average Bonchev–Trinajstić information content (AvgIpc) is 2.88. The summed E-state index contributed by atoms with van der Waals surface area (Å²) in [7, 11) is 0. The number of hydrogen-bond donors (Lipinski definition) is 0. The van der Waals surface area contributed by atoms with Crippen molar-refractivity contribution >= 4 is 0 Å². The summed E-state index contributed by atoms with van der Waals surface area (Å²) in [6.07, 6.45) is 39.2. The predicted octanol–water partition coefficient (Wildman–Crippen LogP) is 13.2. The zero-order valence-electron chi connectivity index (χ0n) is 27.8. The molecule has 0 rings (SSSR count). The Morgan fingerprint density at radius 2 is 0.553 bits per heavy atom. The lowest BCUT2D eigenvalue weighted by molar-refractivity contribution is 0.254. The summed E-state index contributed by atoms with van der Waals surface area (Å²) < 4.78 is 0. The van der Waals surface area contributed by atoms with Gasteiger partial charge < -0.3 is 4.90 Å². The van der Waals surface area contributed by atoms with Gasteiger partial charge in [-0.05, 0) is 50.7 Å². The van der Waals surface area contributed by atoms with Gasteiger partial charge in [-0.2, -0.15) is 0 Å². The van der Waals surface area contributed by atoms with Crippen LogP contribution >= 0.6 is 0 Å². The van der Waals surface area contributed by atoms with Crippen LogP contribution in [0.5, 0.6) is 0 Å². The maximum Gasteiger partial charge on any atom is -0.00187 e. The normalized spacial score (nSPS) is 12.0. The minimum absolute atomic E-state index is 0.890. The third-order valence-electron chi connectivity index (χ3n) is 8.59. The van der Waals surface area contributed by atoms with Crippen LogP contribution in [0.4, 0.5) is 0 Å². The summed E-state index contributed by atoms with van der Waals surface area (Å²) in [4.78, 5) is 2.83. The molecule has 38 heavy (non-hydrogen) atoms. The summed E-state index contributed by atoms with van der Waals surface area (Å²) in [6.45, 7) is 15.8. The van der Waals surface area contributed by atoms with Crippen LogP contribution in [0.25, 0.3) is 0 Å². The van der Waals surface area contributed by atoms with E-state index in [9.17, 15) is 0 Å². The van der Waals surface area contributed by atoms with Gasteiger partial charge in [0.1, 0.15) is 0 Å². The SMILES string of the molecule is CCCCCCCN(CCCCCCCCCCCCC(C)C)CCCCCCCCCCCCC(C)C. The molecule has 0 saturated carbocycles. The minimum atomic E-state index is 0.890. The maximum atomic E-state index is 2.83. The van der Waals surface area contributed by atoms with E-state index in [2.05, 4.69) is 39.5 Å². The van der Waals surface area contributed by atoms with Gasteiger partial charge in [-0.1, -0.05) is 189 Å². The van der Waals surface area contributed by atoms with Gasteiger partial charge in [0.25, 0.3) is 0 Å². The van der Waals surface area contributed by atoms with Crippen molar-refractivity contribution in [1.29, 1.82) is 0 Å². The molecule has 0 aromatic carbocycles. The molecule has 0 bridgehead atoms. The van der Waals surface area contributed by atoms with Crippen molar-refractivity contribution in [2.75, 3.05) is 19.6 Å². The lowest BCUT2D eigenvalue weighted by Crippen LogP contribution is -2.27. The van der Waals surface area contributed by atoms with E-state index in [0.29, 0.717) is 0 Å². The molecule has 0 fully saturated rings. The quantitative estimate of drug-likeness (QED) is 0.0774. The summed E-state index contributed by atoms with van der Waals surface area (Å²) in [6, 6.07) is 0. The summed E-state index contributed by atoms with van der Waals surface area (Å²) in [5.41, 5.74) is 0. The van der Waals surface area contributed by atoms with Gasteiger partial charge in [0, 0.05) is 0 Å². The zero-order valence-corrected chi connectivity index (χ0v) is 27.8. The van der Waals surface area contributed by atoms with Crippen molar-refractivity contribution in [3.63, 3.8) is 0 Å². The van der Waals surface area contributed by atoms with Gasteiger partial charge in [0.15, 0.2) is 0 Å². The molecule has 0 spiro atoms. The van der Waals surface area contributed by atoms with E-state index < -0.39 is 0 Å². The van der Waals surface area contributed by atoms with Gasteiger partial charge in [-0.3, -0.25) is 0 Å². The van der Waals surface area contributed by atoms with E-state index in [1.165, 1.54) is 193 Å².